The standard InChI is InChI=1S/C18H23N3O3/c1-12(2)10-15(18(23)24-4)19-17(22)16-11-14(20-21(16)3)13-8-6-5-7-9-13/h5-9,11-12,15H,10H2,1-4H3,(H,19,22)/t15-/m1/s1. The summed E-state index contributed by atoms with van der Waals surface area (Å²) in [4.78, 5) is 24.4. The van der Waals surface area contributed by atoms with Crippen LogP contribution >= 0.6 is 0 Å². The number of rotatable bonds is 6. The maximum Gasteiger partial charge on any atom is 0.328 e. The van der Waals surface area contributed by atoms with E-state index in [2.05, 4.69) is 10.4 Å². The lowest BCUT2D eigenvalue weighted by molar-refractivity contribution is -0.143. The zero-order chi connectivity index (χ0) is 17.7. The van der Waals surface area contributed by atoms with Crippen molar-refractivity contribution in [1.82, 2.24) is 15.1 Å². The SMILES string of the molecule is COC(=O)[C@@H](CC(C)C)NC(=O)c1cc(-c2ccccc2)nn1C. The minimum absolute atomic E-state index is 0.251. The molecule has 2 aromatic rings. The first-order valence-electron chi connectivity index (χ1n) is 7.90. The fourth-order valence-electron chi connectivity index (χ4n) is 2.49. The number of benzene rings is 1. The van der Waals surface area contributed by atoms with Gasteiger partial charge < -0.3 is 10.1 Å². The van der Waals surface area contributed by atoms with Gasteiger partial charge in [-0.1, -0.05) is 44.2 Å². The van der Waals surface area contributed by atoms with E-state index in [1.165, 1.54) is 11.8 Å². The van der Waals surface area contributed by atoms with Crippen molar-refractivity contribution in [2.45, 2.75) is 26.3 Å². The van der Waals surface area contributed by atoms with Crippen molar-refractivity contribution in [1.29, 1.82) is 0 Å². The van der Waals surface area contributed by atoms with Gasteiger partial charge in [-0.2, -0.15) is 5.10 Å². The number of esters is 1. The third kappa shape index (κ3) is 4.22. The zero-order valence-corrected chi connectivity index (χ0v) is 14.4. The lowest BCUT2D eigenvalue weighted by Gasteiger charge is -2.18. The number of ether oxygens (including phenoxy) is 1. The molecule has 0 unspecified atom stereocenters. The van der Waals surface area contributed by atoms with Crippen LogP contribution in [0.4, 0.5) is 0 Å². The molecule has 0 radical (unpaired) electrons. The number of aryl methyl sites for hydroxylation is 1. The van der Waals surface area contributed by atoms with Gasteiger partial charge in [0, 0.05) is 12.6 Å². The molecule has 0 aliphatic carbocycles. The summed E-state index contributed by atoms with van der Waals surface area (Å²) in [5, 5.41) is 7.12. The number of methoxy groups -OCH3 is 1. The third-order valence-electron chi connectivity index (χ3n) is 3.68. The van der Waals surface area contributed by atoms with Gasteiger partial charge in [0.05, 0.1) is 12.8 Å². The Labute approximate surface area is 141 Å². The van der Waals surface area contributed by atoms with Gasteiger partial charge in [-0.25, -0.2) is 4.79 Å². The lowest BCUT2D eigenvalue weighted by Crippen LogP contribution is -2.42. The summed E-state index contributed by atoms with van der Waals surface area (Å²) in [7, 11) is 3.02. The van der Waals surface area contributed by atoms with Crippen LogP contribution in [0, 0.1) is 5.92 Å². The van der Waals surface area contributed by atoms with Crippen LogP contribution in [0.2, 0.25) is 0 Å². The second-order valence-corrected chi connectivity index (χ2v) is 6.08. The maximum atomic E-state index is 12.5. The van der Waals surface area contributed by atoms with Crippen molar-refractivity contribution in [2.75, 3.05) is 7.11 Å². The molecule has 128 valence electrons. The highest BCUT2D eigenvalue weighted by Crippen LogP contribution is 2.18. The summed E-state index contributed by atoms with van der Waals surface area (Å²) in [5.74, 6) is -0.536. The molecule has 24 heavy (non-hydrogen) atoms. The van der Waals surface area contributed by atoms with E-state index in [-0.39, 0.29) is 11.8 Å². The Morgan fingerprint density at radius 3 is 2.50 bits per heavy atom. The Hall–Kier alpha value is -2.63. The van der Waals surface area contributed by atoms with E-state index in [1.807, 2.05) is 44.2 Å². The summed E-state index contributed by atoms with van der Waals surface area (Å²) >= 11 is 0. The van der Waals surface area contributed by atoms with E-state index < -0.39 is 12.0 Å². The number of amides is 1. The molecule has 0 saturated carbocycles. The van der Waals surface area contributed by atoms with Crippen molar-refractivity contribution < 1.29 is 14.3 Å². The molecular weight excluding hydrogens is 306 g/mol. The number of hydrogen-bond acceptors (Lipinski definition) is 4. The van der Waals surface area contributed by atoms with E-state index in [4.69, 9.17) is 4.74 Å². The second-order valence-electron chi connectivity index (χ2n) is 6.08. The number of aromatic nitrogens is 2. The van der Waals surface area contributed by atoms with Crippen LogP contribution in [0.5, 0.6) is 0 Å². The highest BCUT2D eigenvalue weighted by Gasteiger charge is 2.24. The number of hydrogen-bond donors (Lipinski definition) is 1. The number of carbonyl (C=O) groups excluding carboxylic acids is 2. The lowest BCUT2D eigenvalue weighted by atomic mass is 10.0. The van der Waals surface area contributed by atoms with Gasteiger partial charge in [0.15, 0.2) is 0 Å². The van der Waals surface area contributed by atoms with Crippen molar-refractivity contribution in [2.24, 2.45) is 13.0 Å². The topological polar surface area (TPSA) is 73.2 Å². The molecule has 0 aliphatic heterocycles. The molecule has 6 heteroatoms. The molecule has 0 spiro atoms. The summed E-state index contributed by atoms with van der Waals surface area (Å²) in [6.45, 7) is 3.97. The fourth-order valence-corrected chi connectivity index (χ4v) is 2.49. The van der Waals surface area contributed by atoms with Crippen molar-refractivity contribution in [3.05, 3.63) is 42.1 Å². The van der Waals surface area contributed by atoms with Crippen LogP contribution < -0.4 is 5.32 Å². The first-order chi connectivity index (χ1) is 11.4. The van der Waals surface area contributed by atoms with E-state index in [0.29, 0.717) is 17.8 Å². The fraction of sp³-hybridized carbons (Fsp3) is 0.389. The number of nitrogens with one attached hydrogen (secondary N) is 1. The largest absolute Gasteiger partial charge is 0.467 e. The highest BCUT2D eigenvalue weighted by atomic mass is 16.5. The van der Waals surface area contributed by atoms with Crippen molar-refractivity contribution in [3.8, 4) is 11.3 Å². The van der Waals surface area contributed by atoms with E-state index in [9.17, 15) is 9.59 Å². The summed E-state index contributed by atoms with van der Waals surface area (Å²) in [6.07, 6.45) is 0.516. The summed E-state index contributed by atoms with van der Waals surface area (Å²) in [6, 6.07) is 10.7. The molecule has 1 aromatic heterocycles. The average Bonchev–Trinajstić information content (AvgIpc) is 2.96. The van der Waals surface area contributed by atoms with Crippen LogP contribution in [0.15, 0.2) is 36.4 Å². The third-order valence-corrected chi connectivity index (χ3v) is 3.68. The number of carbonyl (C=O) groups is 2. The molecule has 0 bridgehead atoms. The van der Waals surface area contributed by atoms with Gasteiger partial charge in [-0.05, 0) is 18.4 Å². The summed E-state index contributed by atoms with van der Waals surface area (Å²) in [5.41, 5.74) is 2.03. The van der Waals surface area contributed by atoms with Gasteiger partial charge in [0.1, 0.15) is 11.7 Å². The van der Waals surface area contributed by atoms with Crippen LogP contribution in [-0.2, 0) is 16.6 Å². The molecule has 2 rings (SSSR count). The molecule has 0 saturated heterocycles. The molecule has 1 aromatic carbocycles. The molecule has 1 N–H and O–H groups in total. The average molecular weight is 329 g/mol. The Morgan fingerprint density at radius 1 is 1.25 bits per heavy atom. The Bertz CT molecular complexity index is 708. The summed E-state index contributed by atoms with van der Waals surface area (Å²) < 4.78 is 6.29. The van der Waals surface area contributed by atoms with Gasteiger partial charge in [-0.15, -0.1) is 0 Å². The van der Waals surface area contributed by atoms with Crippen molar-refractivity contribution in [3.63, 3.8) is 0 Å². The smallest absolute Gasteiger partial charge is 0.328 e. The molecule has 1 amide bonds. The normalized spacial score (nSPS) is 12.0. The van der Waals surface area contributed by atoms with Crippen LogP contribution in [-0.4, -0.2) is 34.8 Å². The quantitative estimate of drug-likeness (QED) is 0.826. The first-order valence-corrected chi connectivity index (χ1v) is 7.90. The van der Waals surface area contributed by atoms with Crippen LogP contribution in [0.25, 0.3) is 11.3 Å². The molecular formula is C18H23N3O3. The molecule has 6 nitrogen and oxygen atoms in total. The monoisotopic (exact) mass is 329 g/mol. The minimum Gasteiger partial charge on any atom is -0.467 e. The highest BCUT2D eigenvalue weighted by molar-refractivity contribution is 5.96. The first kappa shape index (κ1) is 17.7. The molecule has 0 aliphatic rings. The Morgan fingerprint density at radius 2 is 1.92 bits per heavy atom. The van der Waals surface area contributed by atoms with Crippen LogP contribution in [0.1, 0.15) is 30.8 Å². The second kappa shape index (κ2) is 7.77. The number of nitrogens with zero attached hydrogens (tertiary/aromatic N) is 2. The predicted molar refractivity (Wildman–Crippen MR) is 91.4 cm³/mol. The van der Waals surface area contributed by atoms with Gasteiger partial charge in [0.2, 0.25) is 0 Å². The van der Waals surface area contributed by atoms with E-state index >= 15 is 0 Å². The van der Waals surface area contributed by atoms with E-state index in [0.717, 1.165) is 5.56 Å². The van der Waals surface area contributed by atoms with Crippen LogP contribution in [0.3, 0.4) is 0 Å². The van der Waals surface area contributed by atoms with Gasteiger partial charge in [-0.3, -0.25) is 9.48 Å². The van der Waals surface area contributed by atoms with E-state index in [1.54, 1.807) is 13.1 Å². The molecule has 1 atom stereocenters. The molecule has 0 fully saturated rings. The Balaban J connectivity index is 2.20. The molecule has 1 heterocycles. The minimum atomic E-state index is -0.669. The maximum absolute atomic E-state index is 12.5. The Kier molecular flexibility index (Phi) is 5.73. The zero-order valence-electron chi connectivity index (χ0n) is 14.4. The van der Waals surface area contributed by atoms with Crippen molar-refractivity contribution >= 4 is 11.9 Å². The van der Waals surface area contributed by atoms with Gasteiger partial charge >= 0.3 is 5.97 Å². The predicted octanol–water partition coefficient (Wildman–Crippen LogP) is 2.40. The van der Waals surface area contributed by atoms with Gasteiger partial charge in [0.25, 0.3) is 5.91 Å².